The van der Waals surface area contributed by atoms with Gasteiger partial charge in [0.15, 0.2) is 0 Å². The fourth-order valence-corrected chi connectivity index (χ4v) is 3.88. The highest BCUT2D eigenvalue weighted by Crippen LogP contribution is 2.36. The molecule has 1 aliphatic rings. The van der Waals surface area contributed by atoms with Crippen LogP contribution in [-0.2, 0) is 12.7 Å². The van der Waals surface area contributed by atoms with Crippen LogP contribution >= 0.6 is 11.6 Å². The van der Waals surface area contributed by atoms with E-state index in [4.69, 9.17) is 11.6 Å². The number of hydrogen-bond acceptors (Lipinski definition) is 2. The summed E-state index contributed by atoms with van der Waals surface area (Å²) in [5, 5.41) is 2.06. The number of likely N-dealkylation sites (tertiary alicyclic amines) is 1. The van der Waals surface area contributed by atoms with Gasteiger partial charge in [0.25, 0.3) is 5.91 Å². The second-order valence-corrected chi connectivity index (χ2v) is 7.46. The number of nitrogens with one attached hydrogen (secondary N) is 1. The average Bonchev–Trinajstić information content (AvgIpc) is 2.66. The van der Waals surface area contributed by atoms with Gasteiger partial charge in [-0.2, -0.15) is 13.2 Å². The third-order valence-corrected chi connectivity index (χ3v) is 5.54. The molecule has 0 bridgehead atoms. The van der Waals surface area contributed by atoms with E-state index in [2.05, 4.69) is 17.3 Å². The Hall–Kier alpha value is -2.05. The SMILES string of the molecule is CN1CCCC[C@H]1c1ccc(CNC(=O)c2cccc(C(F)(F)F)c2Cl)cc1. The Balaban J connectivity index is 1.65. The quantitative estimate of drug-likeness (QED) is 0.727. The van der Waals surface area contributed by atoms with E-state index in [1.54, 1.807) is 0 Å². The minimum Gasteiger partial charge on any atom is -0.348 e. The predicted molar refractivity (Wildman–Crippen MR) is 103 cm³/mol. The Morgan fingerprint density at radius 3 is 2.54 bits per heavy atom. The molecule has 0 radical (unpaired) electrons. The number of carbonyl (C=O) groups excluding carboxylic acids is 1. The first-order chi connectivity index (χ1) is 13.3. The summed E-state index contributed by atoms with van der Waals surface area (Å²) in [6, 6.07) is 11.7. The summed E-state index contributed by atoms with van der Waals surface area (Å²) in [4.78, 5) is 14.6. The maximum absolute atomic E-state index is 12.9. The first-order valence-electron chi connectivity index (χ1n) is 9.20. The Bertz CT molecular complexity index is 837. The highest BCUT2D eigenvalue weighted by molar-refractivity contribution is 6.34. The number of hydrogen-bond donors (Lipinski definition) is 1. The number of halogens is 4. The molecule has 1 saturated heterocycles. The maximum atomic E-state index is 12.9. The van der Waals surface area contributed by atoms with E-state index in [-0.39, 0.29) is 12.1 Å². The molecule has 0 aliphatic carbocycles. The first kappa shape index (κ1) is 20.7. The highest BCUT2D eigenvalue weighted by atomic mass is 35.5. The third-order valence-electron chi connectivity index (χ3n) is 5.14. The molecule has 0 spiro atoms. The average molecular weight is 411 g/mol. The smallest absolute Gasteiger partial charge is 0.348 e. The zero-order valence-electron chi connectivity index (χ0n) is 15.5. The third kappa shape index (κ3) is 4.67. The topological polar surface area (TPSA) is 32.3 Å². The predicted octanol–water partition coefficient (Wildman–Crippen LogP) is 5.45. The van der Waals surface area contributed by atoms with Gasteiger partial charge in [-0.05, 0) is 49.7 Å². The van der Waals surface area contributed by atoms with Crippen LogP contribution in [-0.4, -0.2) is 24.4 Å². The van der Waals surface area contributed by atoms with Gasteiger partial charge in [0, 0.05) is 12.6 Å². The van der Waals surface area contributed by atoms with Crippen molar-refractivity contribution in [3.05, 3.63) is 69.7 Å². The maximum Gasteiger partial charge on any atom is 0.417 e. The van der Waals surface area contributed by atoms with Gasteiger partial charge in [0.2, 0.25) is 0 Å². The molecule has 0 unspecified atom stereocenters. The van der Waals surface area contributed by atoms with Crippen molar-refractivity contribution in [1.29, 1.82) is 0 Å². The standard InChI is InChI=1S/C21H22ClF3N2O/c1-27-12-3-2-7-18(27)15-10-8-14(9-11-15)13-26-20(28)16-5-4-6-17(19(16)22)21(23,24)25/h4-6,8-11,18H,2-3,7,12-13H2,1H3,(H,26,28)/t18-/m0/s1. The Kier molecular flexibility index (Phi) is 6.30. The first-order valence-corrected chi connectivity index (χ1v) is 9.58. The van der Waals surface area contributed by atoms with Crippen molar-refractivity contribution in [2.75, 3.05) is 13.6 Å². The van der Waals surface area contributed by atoms with E-state index >= 15 is 0 Å². The zero-order valence-corrected chi connectivity index (χ0v) is 16.3. The number of nitrogens with zero attached hydrogens (tertiary/aromatic N) is 1. The normalized spacial score (nSPS) is 18.1. The van der Waals surface area contributed by atoms with Crippen molar-refractivity contribution < 1.29 is 18.0 Å². The van der Waals surface area contributed by atoms with Gasteiger partial charge in [0.1, 0.15) is 0 Å². The van der Waals surface area contributed by atoms with E-state index in [0.29, 0.717) is 6.04 Å². The van der Waals surface area contributed by atoms with Crippen LogP contribution in [0.15, 0.2) is 42.5 Å². The second-order valence-electron chi connectivity index (χ2n) is 7.08. The van der Waals surface area contributed by atoms with Crippen LogP contribution in [0.4, 0.5) is 13.2 Å². The summed E-state index contributed by atoms with van der Waals surface area (Å²) < 4.78 is 38.8. The van der Waals surface area contributed by atoms with Crippen molar-refractivity contribution in [3.8, 4) is 0 Å². The van der Waals surface area contributed by atoms with Crippen molar-refractivity contribution in [3.63, 3.8) is 0 Å². The molecule has 1 N–H and O–H groups in total. The monoisotopic (exact) mass is 410 g/mol. The lowest BCUT2D eigenvalue weighted by atomic mass is 9.95. The molecule has 0 aromatic heterocycles. The molecule has 2 aromatic rings. The molecule has 1 aliphatic heterocycles. The molecular formula is C21H22ClF3N2O. The molecule has 1 heterocycles. The molecular weight excluding hydrogens is 389 g/mol. The van der Waals surface area contributed by atoms with Crippen LogP contribution in [0.3, 0.4) is 0 Å². The molecule has 7 heteroatoms. The Labute approximate surface area is 167 Å². The van der Waals surface area contributed by atoms with Crippen molar-refractivity contribution in [1.82, 2.24) is 10.2 Å². The second kappa shape index (κ2) is 8.53. The van der Waals surface area contributed by atoms with Gasteiger partial charge < -0.3 is 5.32 Å². The lowest BCUT2D eigenvalue weighted by Gasteiger charge is -2.32. The van der Waals surface area contributed by atoms with Gasteiger partial charge in [-0.1, -0.05) is 48.4 Å². The number of carbonyl (C=O) groups is 1. The lowest BCUT2D eigenvalue weighted by molar-refractivity contribution is -0.137. The molecule has 28 heavy (non-hydrogen) atoms. The van der Waals surface area contributed by atoms with E-state index in [1.165, 1.54) is 30.5 Å². The minimum atomic E-state index is -4.60. The molecule has 1 fully saturated rings. The van der Waals surface area contributed by atoms with Crippen molar-refractivity contribution in [2.24, 2.45) is 0 Å². The molecule has 3 rings (SSSR count). The van der Waals surface area contributed by atoms with Gasteiger partial charge in [-0.3, -0.25) is 9.69 Å². The molecule has 3 nitrogen and oxygen atoms in total. The summed E-state index contributed by atoms with van der Waals surface area (Å²) in [6.07, 6.45) is -1.05. The largest absolute Gasteiger partial charge is 0.417 e. The summed E-state index contributed by atoms with van der Waals surface area (Å²) in [5.41, 5.74) is 0.913. The molecule has 150 valence electrons. The number of piperidine rings is 1. The number of benzene rings is 2. The minimum absolute atomic E-state index is 0.183. The van der Waals surface area contributed by atoms with Crippen LogP contribution in [0, 0.1) is 0 Å². The molecule has 1 amide bonds. The summed E-state index contributed by atoms with van der Waals surface area (Å²) in [7, 11) is 2.12. The van der Waals surface area contributed by atoms with Crippen LogP contribution in [0.5, 0.6) is 0 Å². The number of amides is 1. The van der Waals surface area contributed by atoms with Crippen LogP contribution in [0.25, 0.3) is 0 Å². The Morgan fingerprint density at radius 2 is 1.89 bits per heavy atom. The fourth-order valence-electron chi connectivity index (χ4n) is 3.56. The van der Waals surface area contributed by atoms with Crippen molar-refractivity contribution in [2.45, 2.75) is 38.0 Å². The molecule has 1 atom stereocenters. The summed E-state index contributed by atoms with van der Waals surface area (Å²) >= 11 is 5.81. The van der Waals surface area contributed by atoms with Gasteiger partial charge in [-0.25, -0.2) is 0 Å². The Morgan fingerprint density at radius 1 is 1.18 bits per heavy atom. The molecule has 0 saturated carbocycles. The zero-order chi connectivity index (χ0) is 20.3. The van der Waals surface area contributed by atoms with E-state index in [1.807, 2.05) is 24.3 Å². The number of alkyl halides is 3. The molecule has 2 aromatic carbocycles. The summed E-state index contributed by atoms with van der Waals surface area (Å²) in [5.74, 6) is -0.632. The lowest BCUT2D eigenvalue weighted by Crippen LogP contribution is -2.29. The van der Waals surface area contributed by atoms with Crippen molar-refractivity contribution >= 4 is 17.5 Å². The van der Waals surface area contributed by atoms with E-state index in [9.17, 15) is 18.0 Å². The van der Waals surface area contributed by atoms with Gasteiger partial charge >= 0.3 is 6.18 Å². The fraction of sp³-hybridized carbons (Fsp3) is 0.381. The van der Waals surface area contributed by atoms with Gasteiger partial charge in [-0.15, -0.1) is 0 Å². The van der Waals surface area contributed by atoms with Gasteiger partial charge in [0.05, 0.1) is 16.1 Å². The van der Waals surface area contributed by atoms with E-state index in [0.717, 1.165) is 24.6 Å². The summed E-state index contributed by atoms with van der Waals surface area (Å²) in [6.45, 7) is 1.30. The van der Waals surface area contributed by atoms with E-state index < -0.39 is 22.7 Å². The number of rotatable bonds is 4. The van der Waals surface area contributed by atoms with Crippen LogP contribution in [0.1, 0.15) is 52.4 Å². The van der Waals surface area contributed by atoms with Crippen LogP contribution < -0.4 is 5.32 Å². The highest BCUT2D eigenvalue weighted by Gasteiger charge is 2.34. The van der Waals surface area contributed by atoms with Crippen LogP contribution in [0.2, 0.25) is 5.02 Å².